The van der Waals surface area contributed by atoms with Gasteiger partial charge in [-0.15, -0.1) is 0 Å². The van der Waals surface area contributed by atoms with Gasteiger partial charge in [-0.25, -0.2) is 13.4 Å². The number of nitrogens with one attached hydrogen (secondary N) is 1. The second-order valence-corrected chi connectivity index (χ2v) is 6.74. The fraction of sp³-hybridized carbons (Fsp3) is 0.375. The molecule has 1 aromatic carbocycles. The minimum absolute atomic E-state index is 0.0648. The molecule has 0 amide bonds. The zero-order chi connectivity index (χ0) is 18.3. The maximum Gasteiger partial charge on any atom is 0.319 e. The van der Waals surface area contributed by atoms with Crippen LogP contribution in [0.25, 0.3) is 0 Å². The van der Waals surface area contributed by atoms with E-state index in [0.717, 1.165) is 12.8 Å². The molecule has 1 aromatic heterocycles. The first kappa shape index (κ1) is 18.8. The molecule has 0 aliphatic heterocycles. The Bertz CT molecular complexity index is 794. The van der Waals surface area contributed by atoms with Crippen LogP contribution in [0.5, 0.6) is 17.6 Å². The van der Waals surface area contributed by atoms with Gasteiger partial charge in [-0.1, -0.05) is 13.3 Å². The molecule has 0 aliphatic rings. The molecular weight excluding hydrogens is 346 g/mol. The maximum atomic E-state index is 12.5. The number of benzene rings is 1. The van der Waals surface area contributed by atoms with Gasteiger partial charge >= 0.3 is 6.01 Å². The Hall–Kier alpha value is -2.55. The third kappa shape index (κ3) is 4.96. The van der Waals surface area contributed by atoms with E-state index in [2.05, 4.69) is 21.6 Å². The number of rotatable bonds is 9. The summed E-state index contributed by atoms with van der Waals surface area (Å²) in [6.07, 6.45) is 3.26. The lowest BCUT2D eigenvalue weighted by atomic mass is 10.3. The van der Waals surface area contributed by atoms with Gasteiger partial charge in [0.15, 0.2) is 0 Å². The molecule has 0 aliphatic carbocycles. The van der Waals surface area contributed by atoms with Gasteiger partial charge in [-0.2, -0.15) is 4.98 Å². The molecule has 136 valence electrons. The highest BCUT2D eigenvalue weighted by Gasteiger charge is 2.18. The highest BCUT2D eigenvalue weighted by Crippen LogP contribution is 2.26. The van der Waals surface area contributed by atoms with E-state index in [0.29, 0.717) is 12.4 Å². The highest BCUT2D eigenvalue weighted by molar-refractivity contribution is 7.92. The molecule has 0 atom stereocenters. The Morgan fingerprint density at radius 1 is 1.12 bits per heavy atom. The van der Waals surface area contributed by atoms with Gasteiger partial charge in [0.05, 0.1) is 31.9 Å². The van der Waals surface area contributed by atoms with Gasteiger partial charge < -0.3 is 14.2 Å². The van der Waals surface area contributed by atoms with Crippen molar-refractivity contribution < 1.29 is 22.6 Å². The van der Waals surface area contributed by atoms with Crippen molar-refractivity contribution in [2.24, 2.45) is 0 Å². The normalized spacial score (nSPS) is 11.0. The molecular formula is C16H21N3O5S. The first-order valence-corrected chi connectivity index (χ1v) is 9.19. The Morgan fingerprint density at radius 3 is 2.44 bits per heavy atom. The van der Waals surface area contributed by atoms with E-state index >= 15 is 0 Å². The summed E-state index contributed by atoms with van der Waals surface area (Å²) in [5, 5.41) is 0. The number of hydrogen-bond acceptors (Lipinski definition) is 7. The van der Waals surface area contributed by atoms with Crippen molar-refractivity contribution in [1.29, 1.82) is 0 Å². The van der Waals surface area contributed by atoms with Crippen LogP contribution < -0.4 is 18.9 Å². The lowest BCUT2D eigenvalue weighted by Crippen LogP contribution is -2.14. The van der Waals surface area contributed by atoms with Crippen LogP contribution in [0.15, 0.2) is 35.4 Å². The summed E-state index contributed by atoms with van der Waals surface area (Å²) in [7, 11) is -1.03. The number of hydrogen-bond donors (Lipinski definition) is 1. The fourth-order valence-electron chi connectivity index (χ4n) is 1.93. The average Bonchev–Trinajstić information content (AvgIpc) is 2.62. The first-order chi connectivity index (χ1) is 12.0. The smallest absolute Gasteiger partial charge is 0.319 e. The molecule has 25 heavy (non-hydrogen) atoms. The molecule has 8 nitrogen and oxygen atoms in total. The van der Waals surface area contributed by atoms with Crippen LogP contribution in [0.4, 0.5) is 5.69 Å². The summed E-state index contributed by atoms with van der Waals surface area (Å²) in [5.74, 6) is 0.688. The largest absolute Gasteiger partial charge is 0.494 e. The molecule has 0 bridgehead atoms. The molecule has 0 fully saturated rings. The second-order valence-electron chi connectivity index (χ2n) is 5.06. The summed E-state index contributed by atoms with van der Waals surface area (Å²) < 4.78 is 42.9. The number of ether oxygens (including phenoxy) is 3. The molecule has 1 N–H and O–H groups in total. The van der Waals surface area contributed by atoms with Gasteiger partial charge in [-0.05, 0) is 30.7 Å². The van der Waals surface area contributed by atoms with Crippen molar-refractivity contribution in [3.8, 4) is 17.6 Å². The van der Waals surface area contributed by atoms with Gasteiger partial charge in [0.2, 0.25) is 5.88 Å². The van der Waals surface area contributed by atoms with Crippen LogP contribution in [0.3, 0.4) is 0 Å². The zero-order valence-corrected chi connectivity index (χ0v) is 15.2. The molecule has 0 saturated heterocycles. The van der Waals surface area contributed by atoms with Crippen molar-refractivity contribution >= 4 is 15.7 Å². The molecule has 0 radical (unpaired) electrons. The van der Waals surface area contributed by atoms with E-state index < -0.39 is 10.0 Å². The Balaban J connectivity index is 2.16. The maximum absolute atomic E-state index is 12.5. The lowest BCUT2D eigenvalue weighted by Gasteiger charge is -2.12. The van der Waals surface area contributed by atoms with Crippen molar-refractivity contribution in [3.63, 3.8) is 0 Å². The average molecular weight is 367 g/mol. The van der Waals surface area contributed by atoms with E-state index in [4.69, 9.17) is 14.2 Å². The van der Waals surface area contributed by atoms with Gasteiger partial charge in [0.1, 0.15) is 11.4 Å². The summed E-state index contributed by atoms with van der Waals surface area (Å²) in [5.41, 5.74) is 0.117. The Labute approximate surface area is 147 Å². The minimum atomic E-state index is -3.81. The molecule has 0 saturated carbocycles. The summed E-state index contributed by atoms with van der Waals surface area (Å²) in [6.45, 7) is 2.67. The zero-order valence-electron chi connectivity index (χ0n) is 14.4. The molecule has 2 aromatic rings. The Morgan fingerprint density at radius 2 is 1.84 bits per heavy atom. The van der Waals surface area contributed by atoms with Crippen LogP contribution >= 0.6 is 0 Å². The number of sulfonamides is 1. The Kier molecular flexibility index (Phi) is 6.40. The second kappa shape index (κ2) is 8.52. The predicted octanol–water partition coefficient (Wildman–Crippen LogP) is 2.47. The molecule has 2 rings (SSSR count). The number of unbranched alkanes of at least 4 members (excludes halogenated alkanes) is 1. The van der Waals surface area contributed by atoms with Crippen LogP contribution in [-0.2, 0) is 10.0 Å². The number of anilines is 1. The SMILES string of the molecule is CCCCOc1ccc(S(=O)(=O)Nc2cnc(OC)nc2OC)cc1. The molecule has 1 heterocycles. The van der Waals surface area contributed by atoms with Crippen LogP contribution in [0.2, 0.25) is 0 Å². The monoisotopic (exact) mass is 367 g/mol. The minimum Gasteiger partial charge on any atom is -0.494 e. The number of aromatic nitrogens is 2. The van der Waals surface area contributed by atoms with Crippen molar-refractivity contribution in [1.82, 2.24) is 9.97 Å². The number of nitrogens with zero attached hydrogens (tertiary/aromatic N) is 2. The summed E-state index contributed by atoms with van der Waals surface area (Å²) in [4.78, 5) is 7.91. The fourth-order valence-corrected chi connectivity index (χ4v) is 2.97. The molecule has 0 unspecified atom stereocenters. The third-order valence-corrected chi connectivity index (χ3v) is 4.63. The van der Waals surface area contributed by atoms with Gasteiger partial charge in [0.25, 0.3) is 10.0 Å². The quantitative estimate of drug-likeness (QED) is 0.680. The molecule has 0 spiro atoms. The summed E-state index contributed by atoms with van der Waals surface area (Å²) in [6, 6.07) is 6.26. The van der Waals surface area contributed by atoms with Crippen molar-refractivity contribution in [3.05, 3.63) is 30.5 Å². The highest BCUT2D eigenvalue weighted by atomic mass is 32.2. The predicted molar refractivity (Wildman–Crippen MR) is 92.8 cm³/mol. The van der Waals surface area contributed by atoms with E-state index in [9.17, 15) is 8.42 Å². The van der Waals surface area contributed by atoms with Crippen molar-refractivity contribution in [2.75, 3.05) is 25.5 Å². The van der Waals surface area contributed by atoms with Gasteiger partial charge in [-0.3, -0.25) is 4.72 Å². The standard InChI is InChI=1S/C16H21N3O5S/c1-4-5-10-24-12-6-8-13(9-7-12)25(20,21)19-14-11-17-16(23-3)18-15(14)22-2/h6-9,11,19H,4-5,10H2,1-3H3. The number of methoxy groups -OCH3 is 2. The summed E-state index contributed by atoms with van der Waals surface area (Å²) >= 11 is 0. The van der Waals surface area contributed by atoms with Crippen LogP contribution in [-0.4, -0.2) is 39.2 Å². The third-order valence-electron chi connectivity index (χ3n) is 3.25. The van der Waals surface area contributed by atoms with Crippen molar-refractivity contribution in [2.45, 2.75) is 24.7 Å². The first-order valence-electron chi connectivity index (χ1n) is 7.71. The van der Waals surface area contributed by atoms with E-state index in [1.807, 2.05) is 0 Å². The van der Waals surface area contributed by atoms with Crippen LogP contribution in [0.1, 0.15) is 19.8 Å². The van der Waals surface area contributed by atoms with E-state index in [1.54, 1.807) is 12.1 Å². The lowest BCUT2D eigenvalue weighted by molar-refractivity contribution is 0.309. The molecule has 9 heteroatoms. The topological polar surface area (TPSA) is 99.6 Å². The van der Waals surface area contributed by atoms with Gasteiger partial charge in [0, 0.05) is 0 Å². The van der Waals surface area contributed by atoms with Crippen LogP contribution in [0, 0.1) is 0 Å². The van der Waals surface area contributed by atoms with E-state index in [1.165, 1.54) is 32.5 Å². The van der Waals surface area contributed by atoms with E-state index in [-0.39, 0.29) is 22.5 Å².